The summed E-state index contributed by atoms with van der Waals surface area (Å²) in [6.07, 6.45) is 1.40. The Labute approximate surface area is 131 Å². The van der Waals surface area contributed by atoms with Crippen molar-refractivity contribution in [3.8, 4) is 17.1 Å². The Bertz CT molecular complexity index is 834. The highest BCUT2D eigenvalue weighted by Gasteiger charge is 2.13. The van der Waals surface area contributed by atoms with E-state index in [0.29, 0.717) is 17.3 Å². The number of hydrogen-bond donors (Lipinski definition) is 2. The van der Waals surface area contributed by atoms with Crippen molar-refractivity contribution in [3.05, 3.63) is 60.2 Å². The summed E-state index contributed by atoms with van der Waals surface area (Å²) in [7, 11) is 1.43. The molecular formula is C16H13FN4O2. The van der Waals surface area contributed by atoms with Gasteiger partial charge in [-0.2, -0.15) is 5.10 Å². The number of nitrogens with zero attached hydrogens (tertiary/aromatic N) is 2. The summed E-state index contributed by atoms with van der Waals surface area (Å²) in [5.41, 5.74) is 1.23. The summed E-state index contributed by atoms with van der Waals surface area (Å²) < 4.78 is 18.8. The first-order valence-electron chi connectivity index (χ1n) is 6.78. The van der Waals surface area contributed by atoms with Crippen molar-refractivity contribution >= 4 is 11.6 Å². The Morgan fingerprint density at radius 1 is 1.26 bits per heavy atom. The molecule has 3 rings (SSSR count). The third-order valence-electron chi connectivity index (χ3n) is 3.23. The van der Waals surface area contributed by atoms with Crippen LogP contribution in [0.2, 0.25) is 0 Å². The maximum atomic E-state index is 13.9. The summed E-state index contributed by atoms with van der Waals surface area (Å²) >= 11 is 0. The van der Waals surface area contributed by atoms with Gasteiger partial charge in [-0.05, 0) is 24.3 Å². The molecule has 0 saturated heterocycles. The van der Waals surface area contributed by atoms with Gasteiger partial charge in [-0.25, -0.2) is 9.37 Å². The van der Waals surface area contributed by atoms with Crippen LogP contribution in [0.3, 0.4) is 0 Å². The minimum Gasteiger partial charge on any atom is -0.497 e. The fourth-order valence-corrected chi connectivity index (χ4v) is 2.09. The zero-order valence-electron chi connectivity index (χ0n) is 12.2. The van der Waals surface area contributed by atoms with Crippen LogP contribution >= 0.6 is 0 Å². The first-order chi connectivity index (χ1) is 11.2. The molecule has 23 heavy (non-hydrogen) atoms. The second-order valence-electron chi connectivity index (χ2n) is 4.71. The van der Waals surface area contributed by atoms with E-state index in [-0.39, 0.29) is 5.56 Å². The van der Waals surface area contributed by atoms with Gasteiger partial charge >= 0.3 is 0 Å². The molecule has 1 heterocycles. The molecular weight excluding hydrogens is 299 g/mol. The number of anilines is 1. The number of rotatable bonds is 4. The molecule has 6 nitrogen and oxygen atoms in total. The van der Waals surface area contributed by atoms with E-state index in [0.717, 1.165) is 5.56 Å². The van der Waals surface area contributed by atoms with Crippen LogP contribution in [-0.2, 0) is 0 Å². The van der Waals surface area contributed by atoms with E-state index in [1.807, 2.05) is 6.07 Å². The molecule has 3 aromatic rings. The highest BCUT2D eigenvalue weighted by Crippen LogP contribution is 2.21. The number of carbonyl (C=O) groups is 1. The van der Waals surface area contributed by atoms with Crippen molar-refractivity contribution < 1.29 is 13.9 Å². The van der Waals surface area contributed by atoms with E-state index in [1.54, 1.807) is 18.2 Å². The minimum absolute atomic E-state index is 0.0594. The number of hydrogen-bond acceptors (Lipinski definition) is 4. The van der Waals surface area contributed by atoms with Crippen LogP contribution in [0.4, 0.5) is 10.1 Å². The third-order valence-corrected chi connectivity index (χ3v) is 3.23. The van der Waals surface area contributed by atoms with Gasteiger partial charge in [0, 0.05) is 17.3 Å². The number of aromatic nitrogens is 3. The molecule has 0 aliphatic rings. The van der Waals surface area contributed by atoms with Gasteiger partial charge < -0.3 is 10.1 Å². The number of nitrogens with one attached hydrogen (secondary N) is 2. The molecule has 0 atom stereocenters. The first-order valence-corrected chi connectivity index (χ1v) is 6.78. The van der Waals surface area contributed by atoms with E-state index in [2.05, 4.69) is 20.5 Å². The molecule has 2 N–H and O–H groups in total. The maximum Gasteiger partial charge on any atom is 0.258 e. The van der Waals surface area contributed by atoms with Gasteiger partial charge in [-0.3, -0.25) is 9.89 Å². The molecule has 1 aromatic heterocycles. The van der Waals surface area contributed by atoms with Crippen LogP contribution in [0.1, 0.15) is 10.4 Å². The highest BCUT2D eigenvalue weighted by molar-refractivity contribution is 6.04. The van der Waals surface area contributed by atoms with Gasteiger partial charge in [0.25, 0.3) is 5.91 Å². The number of benzene rings is 2. The van der Waals surface area contributed by atoms with E-state index in [4.69, 9.17) is 4.74 Å². The van der Waals surface area contributed by atoms with Crippen LogP contribution in [-0.4, -0.2) is 28.2 Å². The zero-order chi connectivity index (χ0) is 16.2. The smallest absolute Gasteiger partial charge is 0.258 e. The van der Waals surface area contributed by atoms with Gasteiger partial charge in [0.1, 0.15) is 17.9 Å². The predicted molar refractivity (Wildman–Crippen MR) is 82.7 cm³/mol. The Balaban J connectivity index is 1.82. The number of carbonyl (C=O) groups excluding carboxylic acids is 1. The molecule has 116 valence electrons. The van der Waals surface area contributed by atoms with E-state index in [1.165, 1.54) is 31.6 Å². The minimum atomic E-state index is -0.645. The summed E-state index contributed by atoms with van der Waals surface area (Å²) in [5.74, 6) is -0.254. The van der Waals surface area contributed by atoms with E-state index in [9.17, 15) is 9.18 Å². The molecule has 0 fully saturated rings. The molecule has 0 unspecified atom stereocenters. The van der Waals surface area contributed by atoms with Crippen LogP contribution < -0.4 is 10.1 Å². The van der Waals surface area contributed by atoms with Gasteiger partial charge in [0.2, 0.25) is 0 Å². The summed E-state index contributed by atoms with van der Waals surface area (Å²) in [6.45, 7) is 0. The van der Waals surface area contributed by atoms with Crippen molar-refractivity contribution in [2.24, 2.45) is 0 Å². The van der Waals surface area contributed by atoms with Gasteiger partial charge in [-0.1, -0.05) is 12.1 Å². The largest absolute Gasteiger partial charge is 0.497 e. The average molecular weight is 312 g/mol. The Morgan fingerprint density at radius 2 is 2.13 bits per heavy atom. The number of H-pyrrole nitrogens is 1. The van der Waals surface area contributed by atoms with Crippen LogP contribution in [0.15, 0.2) is 48.8 Å². The fourth-order valence-electron chi connectivity index (χ4n) is 2.09. The molecule has 0 aliphatic heterocycles. The molecule has 0 saturated carbocycles. The Hall–Kier alpha value is -3.22. The number of ether oxygens (including phenoxy) is 1. The van der Waals surface area contributed by atoms with Gasteiger partial charge in [0.05, 0.1) is 12.7 Å². The van der Waals surface area contributed by atoms with Crippen LogP contribution in [0, 0.1) is 5.82 Å². The number of methoxy groups -OCH3 is 1. The normalized spacial score (nSPS) is 10.3. The molecule has 0 spiro atoms. The lowest BCUT2D eigenvalue weighted by Crippen LogP contribution is -2.13. The van der Waals surface area contributed by atoms with Crippen LogP contribution in [0.5, 0.6) is 5.75 Å². The van der Waals surface area contributed by atoms with E-state index < -0.39 is 11.7 Å². The summed E-state index contributed by atoms with van der Waals surface area (Å²) in [4.78, 5) is 16.2. The Kier molecular flexibility index (Phi) is 4.01. The van der Waals surface area contributed by atoms with Gasteiger partial charge in [0.15, 0.2) is 5.82 Å². The van der Waals surface area contributed by atoms with Crippen molar-refractivity contribution in [2.75, 3.05) is 12.4 Å². The zero-order valence-corrected chi connectivity index (χ0v) is 12.2. The average Bonchev–Trinajstić information content (AvgIpc) is 3.09. The summed E-state index contributed by atoms with van der Waals surface area (Å²) in [5, 5.41) is 9.18. The van der Waals surface area contributed by atoms with Crippen LogP contribution in [0.25, 0.3) is 11.4 Å². The monoisotopic (exact) mass is 312 g/mol. The SMILES string of the molecule is COc1ccc(C(=O)Nc2cccc(-c3ncn[nH]3)c2)c(F)c1. The molecule has 7 heteroatoms. The lowest BCUT2D eigenvalue weighted by molar-refractivity contribution is 0.102. The molecule has 0 bridgehead atoms. The van der Waals surface area contributed by atoms with Crippen molar-refractivity contribution in [1.82, 2.24) is 15.2 Å². The third kappa shape index (κ3) is 3.18. The standard InChI is InChI=1S/C16H13FN4O2/c1-23-12-5-6-13(14(17)8-12)16(22)20-11-4-2-3-10(7-11)15-18-9-19-21-15/h2-9H,1H3,(H,20,22)(H,18,19,21). The van der Waals surface area contributed by atoms with Crippen molar-refractivity contribution in [2.45, 2.75) is 0 Å². The lowest BCUT2D eigenvalue weighted by atomic mass is 10.1. The Morgan fingerprint density at radius 3 is 2.83 bits per heavy atom. The van der Waals surface area contributed by atoms with E-state index >= 15 is 0 Å². The lowest BCUT2D eigenvalue weighted by Gasteiger charge is -2.08. The van der Waals surface area contributed by atoms with Crippen molar-refractivity contribution in [1.29, 1.82) is 0 Å². The summed E-state index contributed by atoms with van der Waals surface area (Å²) in [6, 6.07) is 11.1. The first kappa shape index (κ1) is 14.7. The molecule has 2 aromatic carbocycles. The number of aromatic amines is 1. The molecule has 0 aliphatic carbocycles. The molecule has 1 amide bonds. The highest BCUT2D eigenvalue weighted by atomic mass is 19.1. The quantitative estimate of drug-likeness (QED) is 0.776. The van der Waals surface area contributed by atoms with Gasteiger partial charge in [-0.15, -0.1) is 0 Å². The topological polar surface area (TPSA) is 79.9 Å². The predicted octanol–water partition coefficient (Wildman–Crippen LogP) is 2.87. The fraction of sp³-hybridized carbons (Fsp3) is 0.0625. The molecule has 0 radical (unpaired) electrons. The van der Waals surface area contributed by atoms with Crippen molar-refractivity contribution in [3.63, 3.8) is 0 Å². The second kappa shape index (κ2) is 6.27. The maximum absolute atomic E-state index is 13.9. The number of halogens is 1. The number of amides is 1. The second-order valence-corrected chi connectivity index (χ2v) is 4.71.